The number of hydrogen-bond acceptors (Lipinski definition) is 1. The van der Waals surface area contributed by atoms with Crippen LogP contribution >= 0.6 is 0 Å². The second-order valence-corrected chi connectivity index (χ2v) is 14.5. The minimum atomic E-state index is -0.0911. The number of rotatable bonds is 4. The van der Waals surface area contributed by atoms with E-state index in [0.717, 1.165) is 0 Å². The SMILES string of the molecule is Cc1ccc(-c2cc3c(cc2N(c2ccccc2)c2ccccc2)C(C)(C)c2ccccc2-3)c2c1C(C)(C)CCC2(C)C. The number of hydrogen-bond donors (Lipinski definition) is 0. The van der Waals surface area contributed by atoms with Gasteiger partial charge in [-0.05, 0) is 112 Å². The first kappa shape index (κ1) is 27.7. The van der Waals surface area contributed by atoms with Gasteiger partial charge in [-0.15, -0.1) is 0 Å². The van der Waals surface area contributed by atoms with E-state index in [1.54, 1.807) is 5.56 Å². The second kappa shape index (κ2) is 9.71. The van der Waals surface area contributed by atoms with Gasteiger partial charge in [0.1, 0.15) is 0 Å². The highest BCUT2D eigenvalue weighted by Gasteiger charge is 2.42. The van der Waals surface area contributed by atoms with Crippen molar-refractivity contribution in [2.75, 3.05) is 4.90 Å². The molecule has 0 aromatic heterocycles. The molecule has 5 aromatic rings. The Morgan fingerprint density at radius 3 is 1.67 bits per heavy atom. The van der Waals surface area contributed by atoms with E-state index in [9.17, 15) is 0 Å². The molecule has 0 saturated heterocycles. The van der Waals surface area contributed by atoms with Crippen molar-refractivity contribution in [2.24, 2.45) is 0 Å². The van der Waals surface area contributed by atoms with Crippen molar-refractivity contribution in [3.63, 3.8) is 0 Å². The van der Waals surface area contributed by atoms with Gasteiger partial charge in [0.25, 0.3) is 0 Å². The van der Waals surface area contributed by atoms with Crippen molar-refractivity contribution < 1.29 is 0 Å². The van der Waals surface area contributed by atoms with Crippen LogP contribution in [0.3, 0.4) is 0 Å². The molecule has 0 radical (unpaired) electrons. The molecule has 0 saturated carbocycles. The molecule has 7 rings (SSSR count). The van der Waals surface area contributed by atoms with Crippen LogP contribution in [0.1, 0.15) is 82.2 Å². The van der Waals surface area contributed by atoms with E-state index in [1.807, 2.05) is 0 Å². The number of anilines is 3. The summed E-state index contributed by atoms with van der Waals surface area (Å²) >= 11 is 0. The molecule has 216 valence electrons. The predicted octanol–water partition coefficient (Wildman–Crippen LogP) is 11.8. The monoisotopic (exact) mass is 561 g/mol. The van der Waals surface area contributed by atoms with Crippen LogP contribution in [0.5, 0.6) is 0 Å². The summed E-state index contributed by atoms with van der Waals surface area (Å²) in [5, 5.41) is 0. The third-order valence-corrected chi connectivity index (χ3v) is 10.4. The lowest BCUT2D eigenvalue weighted by atomic mass is 9.60. The Kier molecular flexibility index (Phi) is 6.26. The first-order chi connectivity index (χ1) is 20.5. The Bertz CT molecular complexity index is 1800. The minimum absolute atomic E-state index is 0.0734. The lowest BCUT2D eigenvalue weighted by Gasteiger charge is -2.44. The van der Waals surface area contributed by atoms with Crippen LogP contribution in [-0.2, 0) is 16.2 Å². The predicted molar refractivity (Wildman–Crippen MR) is 184 cm³/mol. The summed E-state index contributed by atoms with van der Waals surface area (Å²) in [5.74, 6) is 0. The summed E-state index contributed by atoms with van der Waals surface area (Å²) < 4.78 is 0. The summed E-state index contributed by atoms with van der Waals surface area (Å²) in [6, 6.07) is 40.6. The Morgan fingerprint density at radius 1 is 0.488 bits per heavy atom. The smallest absolute Gasteiger partial charge is 0.0543 e. The van der Waals surface area contributed by atoms with Gasteiger partial charge in [0.2, 0.25) is 0 Å². The van der Waals surface area contributed by atoms with Crippen LogP contribution < -0.4 is 4.90 Å². The zero-order valence-corrected chi connectivity index (χ0v) is 26.8. The highest BCUT2D eigenvalue weighted by Crippen LogP contribution is 2.56. The zero-order valence-electron chi connectivity index (χ0n) is 26.8. The maximum absolute atomic E-state index is 2.53. The Morgan fingerprint density at radius 2 is 1.05 bits per heavy atom. The molecule has 2 aliphatic rings. The van der Waals surface area contributed by atoms with Crippen molar-refractivity contribution in [3.8, 4) is 22.3 Å². The molecule has 1 heteroatoms. The summed E-state index contributed by atoms with van der Waals surface area (Å²) in [5.41, 5.74) is 16.4. The number of para-hydroxylation sites is 2. The quantitative estimate of drug-likeness (QED) is 0.211. The van der Waals surface area contributed by atoms with Crippen molar-refractivity contribution in [2.45, 2.75) is 77.6 Å². The maximum atomic E-state index is 2.53. The molecule has 0 amide bonds. The summed E-state index contributed by atoms with van der Waals surface area (Å²) in [4.78, 5) is 2.47. The van der Waals surface area contributed by atoms with Gasteiger partial charge in [-0.1, -0.05) is 114 Å². The number of nitrogens with zero attached hydrogens (tertiary/aromatic N) is 1. The molecule has 0 N–H and O–H groups in total. The van der Waals surface area contributed by atoms with E-state index in [2.05, 4.69) is 163 Å². The number of benzene rings is 5. The molecule has 43 heavy (non-hydrogen) atoms. The number of aryl methyl sites for hydroxylation is 1. The molecule has 0 aliphatic heterocycles. The average Bonchev–Trinajstić information content (AvgIpc) is 3.22. The van der Waals surface area contributed by atoms with Crippen LogP contribution in [0.2, 0.25) is 0 Å². The van der Waals surface area contributed by atoms with Gasteiger partial charge in [0.15, 0.2) is 0 Å². The molecular weight excluding hydrogens is 518 g/mol. The van der Waals surface area contributed by atoms with Crippen LogP contribution in [0.15, 0.2) is 109 Å². The Hall–Kier alpha value is -4.10. The van der Waals surface area contributed by atoms with E-state index in [4.69, 9.17) is 0 Å². The standard InChI is InChI=1S/C42H43N/c1-28-22-23-32(39-38(28)40(2,3)24-25-41(39,4)5)34-26-33-31-20-14-15-21-35(31)42(6,7)36(33)27-37(34)43(29-16-10-8-11-17-29)30-18-12-9-13-19-30/h8-23,26-27H,24-25H2,1-7H3. The fraction of sp³-hybridized carbons (Fsp3) is 0.286. The van der Waals surface area contributed by atoms with Gasteiger partial charge < -0.3 is 4.90 Å². The molecule has 0 atom stereocenters. The Labute approximate surface area is 258 Å². The van der Waals surface area contributed by atoms with Gasteiger partial charge in [0, 0.05) is 22.4 Å². The van der Waals surface area contributed by atoms with Crippen molar-refractivity contribution in [1.82, 2.24) is 0 Å². The molecule has 0 unspecified atom stereocenters. The van der Waals surface area contributed by atoms with E-state index in [1.165, 1.54) is 74.4 Å². The first-order valence-electron chi connectivity index (χ1n) is 15.8. The van der Waals surface area contributed by atoms with Gasteiger partial charge in [-0.25, -0.2) is 0 Å². The number of fused-ring (bicyclic) bond motifs is 4. The van der Waals surface area contributed by atoms with Gasteiger partial charge in [-0.3, -0.25) is 0 Å². The van der Waals surface area contributed by atoms with E-state index in [0.29, 0.717) is 0 Å². The first-order valence-corrected chi connectivity index (χ1v) is 15.8. The third-order valence-electron chi connectivity index (χ3n) is 10.4. The van der Waals surface area contributed by atoms with E-state index in [-0.39, 0.29) is 16.2 Å². The minimum Gasteiger partial charge on any atom is -0.310 e. The van der Waals surface area contributed by atoms with Crippen molar-refractivity contribution >= 4 is 17.1 Å². The molecule has 0 fully saturated rings. The fourth-order valence-corrected chi connectivity index (χ4v) is 8.10. The van der Waals surface area contributed by atoms with Gasteiger partial charge >= 0.3 is 0 Å². The maximum Gasteiger partial charge on any atom is 0.0543 e. The van der Waals surface area contributed by atoms with Crippen LogP contribution in [0, 0.1) is 6.92 Å². The highest BCUT2D eigenvalue weighted by molar-refractivity contribution is 5.96. The molecule has 2 aliphatic carbocycles. The topological polar surface area (TPSA) is 3.24 Å². The highest BCUT2D eigenvalue weighted by atomic mass is 15.1. The van der Waals surface area contributed by atoms with Crippen molar-refractivity contribution in [3.05, 3.63) is 137 Å². The average molecular weight is 562 g/mol. The normalized spacial score (nSPS) is 17.1. The fourth-order valence-electron chi connectivity index (χ4n) is 8.10. The van der Waals surface area contributed by atoms with Crippen LogP contribution in [0.25, 0.3) is 22.3 Å². The Balaban J connectivity index is 1.62. The summed E-state index contributed by atoms with van der Waals surface area (Å²) in [7, 11) is 0. The van der Waals surface area contributed by atoms with Crippen LogP contribution in [-0.4, -0.2) is 0 Å². The van der Waals surface area contributed by atoms with Gasteiger partial charge in [-0.2, -0.15) is 0 Å². The second-order valence-electron chi connectivity index (χ2n) is 14.5. The lowest BCUT2D eigenvalue weighted by Crippen LogP contribution is -2.35. The third kappa shape index (κ3) is 4.27. The lowest BCUT2D eigenvalue weighted by molar-refractivity contribution is 0.331. The molecule has 1 nitrogen and oxygen atoms in total. The molecular formula is C42H43N. The van der Waals surface area contributed by atoms with Crippen LogP contribution in [0.4, 0.5) is 17.1 Å². The summed E-state index contributed by atoms with van der Waals surface area (Å²) in [6.07, 6.45) is 2.39. The van der Waals surface area contributed by atoms with Gasteiger partial charge in [0.05, 0.1) is 5.69 Å². The largest absolute Gasteiger partial charge is 0.310 e. The van der Waals surface area contributed by atoms with Crippen molar-refractivity contribution in [1.29, 1.82) is 0 Å². The molecule has 0 bridgehead atoms. The van der Waals surface area contributed by atoms with E-state index >= 15 is 0 Å². The molecule has 0 heterocycles. The molecule has 0 spiro atoms. The molecule has 5 aromatic carbocycles. The summed E-state index contributed by atoms with van der Waals surface area (Å²) in [6.45, 7) is 16.9. The zero-order chi connectivity index (χ0) is 30.1. The van der Waals surface area contributed by atoms with E-state index < -0.39 is 0 Å².